The molecule has 0 spiro atoms. The van der Waals surface area contributed by atoms with E-state index in [9.17, 15) is 0 Å². The molecule has 1 aliphatic carbocycles. The number of nitrogens with one attached hydrogen (secondary N) is 1. The van der Waals surface area contributed by atoms with Gasteiger partial charge in [0.05, 0.1) is 6.04 Å². The Hall–Kier alpha value is -1.68. The maximum atomic E-state index is 5.70. The Morgan fingerprint density at radius 1 is 0.875 bits per heavy atom. The van der Waals surface area contributed by atoms with Crippen molar-refractivity contribution in [1.82, 2.24) is 5.32 Å². The molecule has 128 valence electrons. The minimum absolute atomic E-state index is 0.184. The van der Waals surface area contributed by atoms with Crippen LogP contribution in [0.1, 0.15) is 42.1 Å². The summed E-state index contributed by atoms with van der Waals surface area (Å²) >= 11 is 0. The largest absolute Gasteiger partial charge is 0.352 e. The molecule has 3 nitrogen and oxygen atoms in total. The number of ether oxygens (including phenoxy) is 2. The molecule has 0 aliphatic heterocycles. The molecule has 1 N–H and O–H groups in total. The van der Waals surface area contributed by atoms with E-state index in [1.165, 1.54) is 22.3 Å². The van der Waals surface area contributed by atoms with Gasteiger partial charge >= 0.3 is 0 Å². The topological polar surface area (TPSA) is 30.5 Å². The van der Waals surface area contributed by atoms with E-state index in [-0.39, 0.29) is 12.3 Å². The molecule has 2 aromatic rings. The Bertz CT molecular complexity index is 602. The number of hydrogen-bond donors (Lipinski definition) is 1. The average Bonchev–Trinajstić information content (AvgIpc) is 2.77. The van der Waals surface area contributed by atoms with Crippen molar-refractivity contribution in [3.63, 3.8) is 0 Å². The van der Waals surface area contributed by atoms with Gasteiger partial charge in [-0.05, 0) is 48.9 Å². The van der Waals surface area contributed by atoms with Gasteiger partial charge < -0.3 is 14.8 Å². The number of rotatable bonds is 7. The van der Waals surface area contributed by atoms with Gasteiger partial charge in [0.2, 0.25) is 0 Å². The summed E-state index contributed by atoms with van der Waals surface area (Å²) < 4.78 is 11.4. The van der Waals surface area contributed by atoms with Crippen LogP contribution in [0.25, 0.3) is 0 Å². The van der Waals surface area contributed by atoms with Crippen LogP contribution in [0.2, 0.25) is 0 Å². The molecule has 24 heavy (non-hydrogen) atoms. The molecule has 3 rings (SSSR count). The van der Waals surface area contributed by atoms with E-state index in [0.29, 0.717) is 19.8 Å². The van der Waals surface area contributed by atoms with Gasteiger partial charge in [-0.2, -0.15) is 0 Å². The van der Waals surface area contributed by atoms with Crippen molar-refractivity contribution >= 4 is 0 Å². The summed E-state index contributed by atoms with van der Waals surface area (Å²) in [5, 5.41) is 3.69. The maximum absolute atomic E-state index is 5.70. The molecule has 0 amide bonds. The van der Waals surface area contributed by atoms with Crippen molar-refractivity contribution in [2.45, 2.75) is 39.0 Å². The van der Waals surface area contributed by atoms with Crippen LogP contribution in [0, 0.1) is 0 Å². The van der Waals surface area contributed by atoms with Gasteiger partial charge in [0, 0.05) is 19.8 Å². The van der Waals surface area contributed by atoms with Gasteiger partial charge in [0.1, 0.15) is 0 Å². The highest BCUT2D eigenvalue weighted by molar-refractivity contribution is 5.44. The molecule has 0 saturated carbocycles. The number of benzene rings is 2. The van der Waals surface area contributed by atoms with Crippen molar-refractivity contribution < 1.29 is 9.47 Å². The summed E-state index contributed by atoms with van der Waals surface area (Å²) in [5.41, 5.74) is 5.59. The molecule has 0 radical (unpaired) electrons. The Morgan fingerprint density at radius 2 is 1.38 bits per heavy atom. The zero-order valence-electron chi connectivity index (χ0n) is 14.6. The summed E-state index contributed by atoms with van der Waals surface area (Å²) in [6, 6.07) is 17.7. The molecule has 0 bridgehead atoms. The van der Waals surface area contributed by atoms with E-state index in [1.807, 2.05) is 13.8 Å². The lowest BCUT2D eigenvalue weighted by atomic mass is 9.94. The van der Waals surface area contributed by atoms with Crippen molar-refractivity contribution in [1.29, 1.82) is 0 Å². The second-order valence-corrected chi connectivity index (χ2v) is 6.08. The third-order valence-corrected chi connectivity index (χ3v) is 4.59. The fourth-order valence-corrected chi connectivity index (χ4v) is 3.50. The number of fused-ring (bicyclic) bond motifs is 2. The molecule has 0 unspecified atom stereocenters. The van der Waals surface area contributed by atoms with Crippen LogP contribution in [0.5, 0.6) is 0 Å². The highest BCUT2D eigenvalue weighted by atomic mass is 16.7. The molecule has 1 aliphatic rings. The Morgan fingerprint density at radius 3 is 1.88 bits per heavy atom. The highest BCUT2D eigenvalue weighted by Crippen LogP contribution is 2.32. The molecule has 0 fully saturated rings. The summed E-state index contributed by atoms with van der Waals surface area (Å²) in [4.78, 5) is 0. The summed E-state index contributed by atoms with van der Waals surface area (Å²) in [7, 11) is 0. The molecule has 0 saturated heterocycles. The van der Waals surface area contributed by atoms with Crippen LogP contribution in [0.15, 0.2) is 48.5 Å². The maximum Gasteiger partial charge on any atom is 0.169 e. The fraction of sp³-hybridized carbons (Fsp3) is 0.429. The van der Waals surface area contributed by atoms with Crippen LogP contribution in [0.4, 0.5) is 0 Å². The third-order valence-electron chi connectivity index (χ3n) is 4.59. The van der Waals surface area contributed by atoms with Gasteiger partial charge in [0.15, 0.2) is 6.29 Å². The van der Waals surface area contributed by atoms with Crippen molar-refractivity contribution in [3.05, 3.63) is 70.8 Å². The van der Waals surface area contributed by atoms with Crippen molar-refractivity contribution in [2.75, 3.05) is 19.8 Å². The standard InChI is InChI=1S/C21H27NO2/c1-3-23-20(24-4-2)15-22-21-18-11-7-5-9-16(18)13-14-17-10-6-8-12-19(17)21/h5-12,20-22H,3-4,13-15H2,1-2H3. The first-order chi connectivity index (χ1) is 11.8. The van der Waals surface area contributed by atoms with Gasteiger partial charge in [-0.15, -0.1) is 0 Å². The predicted molar refractivity (Wildman–Crippen MR) is 97.2 cm³/mol. The first kappa shape index (κ1) is 17.2. The van der Waals surface area contributed by atoms with E-state index in [2.05, 4.69) is 53.8 Å². The third kappa shape index (κ3) is 3.86. The van der Waals surface area contributed by atoms with Crippen LogP contribution in [-0.4, -0.2) is 26.0 Å². The molecule has 2 aromatic carbocycles. The zero-order chi connectivity index (χ0) is 16.8. The van der Waals surface area contributed by atoms with Crippen molar-refractivity contribution in [3.8, 4) is 0 Å². The monoisotopic (exact) mass is 325 g/mol. The van der Waals surface area contributed by atoms with Gasteiger partial charge in [-0.3, -0.25) is 0 Å². The zero-order valence-corrected chi connectivity index (χ0v) is 14.6. The van der Waals surface area contributed by atoms with E-state index in [1.54, 1.807) is 0 Å². The Labute approximate surface area is 145 Å². The highest BCUT2D eigenvalue weighted by Gasteiger charge is 2.23. The summed E-state index contributed by atoms with van der Waals surface area (Å²) in [6.07, 6.45) is 1.97. The van der Waals surface area contributed by atoms with Crippen LogP contribution < -0.4 is 5.32 Å². The lowest BCUT2D eigenvalue weighted by Crippen LogP contribution is -2.34. The molecular weight excluding hydrogens is 298 g/mol. The fourth-order valence-electron chi connectivity index (χ4n) is 3.50. The van der Waals surface area contributed by atoms with Gasteiger partial charge in [-0.1, -0.05) is 48.5 Å². The molecule has 3 heteroatoms. The van der Waals surface area contributed by atoms with Gasteiger partial charge in [-0.25, -0.2) is 0 Å². The molecule has 0 aromatic heterocycles. The summed E-state index contributed by atoms with van der Waals surface area (Å²) in [6.45, 7) is 5.99. The SMILES string of the molecule is CCOC(CNC1c2ccccc2CCc2ccccc21)OCC. The van der Waals surface area contributed by atoms with Crippen LogP contribution in [-0.2, 0) is 22.3 Å². The van der Waals surface area contributed by atoms with E-state index in [4.69, 9.17) is 9.47 Å². The smallest absolute Gasteiger partial charge is 0.169 e. The van der Waals surface area contributed by atoms with E-state index < -0.39 is 0 Å². The van der Waals surface area contributed by atoms with Crippen molar-refractivity contribution in [2.24, 2.45) is 0 Å². The van der Waals surface area contributed by atoms with E-state index in [0.717, 1.165) is 12.8 Å². The second kappa shape index (κ2) is 8.43. The minimum atomic E-state index is -0.206. The van der Waals surface area contributed by atoms with Gasteiger partial charge in [0.25, 0.3) is 0 Å². The van der Waals surface area contributed by atoms with Crippen LogP contribution in [0.3, 0.4) is 0 Å². The predicted octanol–water partition coefficient (Wildman–Crippen LogP) is 3.86. The van der Waals surface area contributed by atoms with Crippen LogP contribution >= 0.6 is 0 Å². The lowest BCUT2D eigenvalue weighted by molar-refractivity contribution is -0.133. The first-order valence-electron chi connectivity index (χ1n) is 8.95. The average molecular weight is 325 g/mol. The Balaban J connectivity index is 1.87. The molecule has 0 heterocycles. The second-order valence-electron chi connectivity index (χ2n) is 6.08. The molecular formula is C21H27NO2. The Kier molecular flexibility index (Phi) is 6.02. The minimum Gasteiger partial charge on any atom is -0.352 e. The number of aryl methyl sites for hydroxylation is 2. The first-order valence-corrected chi connectivity index (χ1v) is 8.95. The summed E-state index contributed by atoms with van der Waals surface area (Å²) in [5.74, 6) is 0. The normalized spacial score (nSPS) is 14.3. The molecule has 0 atom stereocenters. The van der Waals surface area contributed by atoms with E-state index >= 15 is 0 Å². The quantitative estimate of drug-likeness (QED) is 0.784. The number of hydrogen-bond acceptors (Lipinski definition) is 3. The lowest BCUT2D eigenvalue weighted by Gasteiger charge is -2.25.